The largest absolute Gasteiger partial charge is 0.495 e. The highest BCUT2D eigenvalue weighted by atomic mass is 32.1. The van der Waals surface area contributed by atoms with Crippen LogP contribution >= 0.6 is 11.5 Å². The molecule has 0 bridgehead atoms. The minimum absolute atomic E-state index is 0.333. The summed E-state index contributed by atoms with van der Waals surface area (Å²) in [7, 11) is 3.28. The predicted molar refractivity (Wildman–Crippen MR) is 58.7 cm³/mol. The van der Waals surface area contributed by atoms with Crippen LogP contribution in [0.15, 0.2) is 18.2 Å². The van der Waals surface area contributed by atoms with Crippen molar-refractivity contribution in [2.24, 2.45) is 0 Å². The molecule has 1 aromatic heterocycles. The Labute approximate surface area is 95.6 Å². The first kappa shape index (κ1) is 10.7. The molecule has 2 rings (SSSR count). The summed E-state index contributed by atoms with van der Waals surface area (Å²) in [5.74, 6) is 0.235. The molecule has 0 N–H and O–H groups in total. The molecule has 16 heavy (non-hydrogen) atoms. The van der Waals surface area contributed by atoms with Crippen molar-refractivity contribution in [2.75, 3.05) is 19.1 Å². The van der Waals surface area contributed by atoms with Crippen molar-refractivity contribution in [1.29, 1.82) is 0 Å². The Balaban J connectivity index is 2.42. The minimum Gasteiger partial charge on any atom is -0.495 e. The molecule has 0 saturated heterocycles. The second-order valence-corrected chi connectivity index (χ2v) is 3.73. The van der Waals surface area contributed by atoms with E-state index in [1.165, 1.54) is 19.2 Å². The highest BCUT2D eigenvalue weighted by molar-refractivity contribution is 7.09. The zero-order chi connectivity index (χ0) is 11.5. The maximum atomic E-state index is 13.2. The zero-order valence-electron chi connectivity index (χ0n) is 8.72. The normalized spacial score (nSPS) is 10.2. The molecule has 0 fully saturated rings. The molecule has 0 radical (unpaired) electrons. The van der Waals surface area contributed by atoms with Crippen LogP contribution in [-0.2, 0) is 0 Å². The molecule has 0 aliphatic heterocycles. The van der Waals surface area contributed by atoms with Crippen LogP contribution in [0.5, 0.6) is 5.75 Å². The summed E-state index contributed by atoms with van der Waals surface area (Å²) < 4.78 is 22.0. The van der Waals surface area contributed by atoms with Gasteiger partial charge in [-0.25, -0.2) is 4.39 Å². The van der Waals surface area contributed by atoms with Crippen LogP contribution in [0, 0.1) is 5.82 Å². The highest BCUT2D eigenvalue weighted by Crippen LogP contribution is 2.32. The minimum atomic E-state index is -0.333. The summed E-state index contributed by atoms with van der Waals surface area (Å²) in [6.45, 7) is 0. The lowest BCUT2D eigenvalue weighted by atomic mass is 10.2. The van der Waals surface area contributed by atoms with E-state index in [9.17, 15) is 4.39 Å². The van der Waals surface area contributed by atoms with Crippen molar-refractivity contribution in [3.05, 3.63) is 24.0 Å². The Hall–Kier alpha value is -1.76. The van der Waals surface area contributed by atoms with Crippen LogP contribution < -0.4 is 9.64 Å². The number of nitrogens with zero attached hydrogens (tertiary/aromatic N) is 4. The number of hydrogen-bond donors (Lipinski definition) is 0. The highest BCUT2D eigenvalue weighted by Gasteiger charge is 2.13. The number of ether oxygens (including phenoxy) is 1. The monoisotopic (exact) mass is 240 g/mol. The standard InChI is InChI=1S/C9H9FN4OS/c1-14(9-11-12-13-16-9)7-5-6(10)3-4-8(7)15-2/h3-5H,1-2H3. The summed E-state index contributed by atoms with van der Waals surface area (Å²) in [6.07, 6.45) is 0. The van der Waals surface area contributed by atoms with Gasteiger partial charge >= 0.3 is 0 Å². The van der Waals surface area contributed by atoms with E-state index in [0.717, 1.165) is 11.5 Å². The summed E-state index contributed by atoms with van der Waals surface area (Å²) in [5, 5.41) is 7.86. The molecule has 84 valence electrons. The molecule has 7 heteroatoms. The Morgan fingerprint density at radius 1 is 1.44 bits per heavy atom. The van der Waals surface area contributed by atoms with Gasteiger partial charge in [0.25, 0.3) is 0 Å². The van der Waals surface area contributed by atoms with E-state index in [0.29, 0.717) is 16.6 Å². The third kappa shape index (κ3) is 1.94. The predicted octanol–water partition coefficient (Wildman–Crippen LogP) is 1.85. The Morgan fingerprint density at radius 2 is 2.25 bits per heavy atom. The van der Waals surface area contributed by atoms with Gasteiger partial charge in [0.15, 0.2) is 0 Å². The van der Waals surface area contributed by atoms with Crippen LogP contribution in [0.25, 0.3) is 0 Å². The van der Waals surface area contributed by atoms with Gasteiger partial charge in [-0.05, 0) is 17.3 Å². The fraction of sp³-hybridized carbons (Fsp3) is 0.222. The fourth-order valence-corrected chi connectivity index (χ4v) is 1.73. The summed E-state index contributed by atoms with van der Waals surface area (Å²) in [5.41, 5.74) is 0.584. The van der Waals surface area contributed by atoms with E-state index in [1.54, 1.807) is 18.0 Å². The van der Waals surface area contributed by atoms with Crippen LogP contribution in [0.2, 0.25) is 0 Å². The molecule has 0 aliphatic rings. The third-order valence-electron chi connectivity index (χ3n) is 2.08. The molecular formula is C9H9FN4OS. The van der Waals surface area contributed by atoms with E-state index in [4.69, 9.17) is 4.74 Å². The molecule has 0 atom stereocenters. The molecule has 0 unspecified atom stereocenters. The van der Waals surface area contributed by atoms with Gasteiger partial charge in [-0.3, -0.25) is 0 Å². The van der Waals surface area contributed by atoms with Crippen LogP contribution in [0.4, 0.5) is 15.2 Å². The second kappa shape index (κ2) is 4.40. The maximum absolute atomic E-state index is 13.2. The van der Waals surface area contributed by atoms with Crippen molar-refractivity contribution in [3.63, 3.8) is 0 Å². The van der Waals surface area contributed by atoms with Gasteiger partial charge in [0.05, 0.1) is 12.8 Å². The molecule has 0 saturated carbocycles. The van der Waals surface area contributed by atoms with E-state index in [1.807, 2.05) is 0 Å². The molecule has 5 nitrogen and oxygen atoms in total. The van der Waals surface area contributed by atoms with Gasteiger partial charge in [-0.1, -0.05) is 9.59 Å². The van der Waals surface area contributed by atoms with Gasteiger partial charge in [0.2, 0.25) is 5.13 Å². The smallest absolute Gasteiger partial charge is 0.232 e. The number of benzene rings is 1. The number of halogens is 1. The number of methoxy groups -OCH3 is 1. The van der Waals surface area contributed by atoms with E-state index in [2.05, 4.69) is 14.8 Å². The number of anilines is 2. The first-order valence-corrected chi connectivity index (χ1v) is 5.22. The average Bonchev–Trinajstić information content (AvgIpc) is 2.81. The van der Waals surface area contributed by atoms with Gasteiger partial charge in [-0.15, -0.1) is 0 Å². The summed E-state index contributed by atoms with van der Waals surface area (Å²) >= 11 is 1.13. The lowest BCUT2D eigenvalue weighted by Gasteiger charge is -2.17. The molecular weight excluding hydrogens is 231 g/mol. The lowest BCUT2D eigenvalue weighted by molar-refractivity contribution is 0.414. The Morgan fingerprint density at radius 3 is 2.88 bits per heavy atom. The van der Waals surface area contributed by atoms with E-state index >= 15 is 0 Å². The summed E-state index contributed by atoms with van der Waals surface area (Å²) in [4.78, 5) is 1.67. The number of rotatable bonds is 3. The molecule has 0 amide bonds. The molecule has 1 aromatic carbocycles. The number of aromatic nitrogens is 3. The Bertz CT molecular complexity index is 476. The van der Waals surface area contributed by atoms with Crippen LogP contribution in [0.1, 0.15) is 0 Å². The molecule has 1 heterocycles. The van der Waals surface area contributed by atoms with Gasteiger partial charge in [0, 0.05) is 24.6 Å². The molecule has 2 aromatic rings. The van der Waals surface area contributed by atoms with Crippen LogP contribution in [0.3, 0.4) is 0 Å². The zero-order valence-corrected chi connectivity index (χ0v) is 9.53. The lowest BCUT2D eigenvalue weighted by Crippen LogP contribution is -2.10. The number of hydrogen-bond acceptors (Lipinski definition) is 6. The summed E-state index contributed by atoms with van der Waals surface area (Å²) in [6, 6.07) is 4.28. The SMILES string of the molecule is COc1ccc(F)cc1N(C)c1nnns1. The van der Waals surface area contributed by atoms with Crippen LogP contribution in [-0.4, -0.2) is 29.0 Å². The second-order valence-electron chi connectivity index (χ2n) is 3.02. The molecule has 0 spiro atoms. The van der Waals surface area contributed by atoms with Crippen molar-refractivity contribution in [2.45, 2.75) is 0 Å². The Kier molecular flexibility index (Phi) is 2.95. The maximum Gasteiger partial charge on any atom is 0.232 e. The van der Waals surface area contributed by atoms with Crippen molar-refractivity contribution in [3.8, 4) is 5.75 Å². The van der Waals surface area contributed by atoms with Crippen molar-refractivity contribution < 1.29 is 9.13 Å². The van der Waals surface area contributed by atoms with Crippen molar-refractivity contribution in [1.82, 2.24) is 14.8 Å². The first-order chi connectivity index (χ1) is 7.72. The quantitative estimate of drug-likeness (QED) is 0.819. The van der Waals surface area contributed by atoms with E-state index in [-0.39, 0.29) is 5.82 Å². The van der Waals surface area contributed by atoms with Crippen molar-refractivity contribution >= 4 is 22.4 Å². The van der Waals surface area contributed by atoms with E-state index < -0.39 is 0 Å². The topological polar surface area (TPSA) is 51.1 Å². The van der Waals surface area contributed by atoms with Gasteiger partial charge in [-0.2, -0.15) is 0 Å². The van der Waals surface area contributed by atoms with Gasteiger partial charge in [0.1, 0.15) is 11.6 Å². The van der Waals surface area contributed by atoms with Gasteiger partial charge < -0.3 is 9.64 Å². The third-order valence-corrected chi connectivity index (χ3v) is 2.75. The fourth-order valence-electron chi connectivity index (χ4n) is 1.29. The first-order valence-electron chi connectivity index (χ1n) is 4.44. The molecule has 0 aliphatic carbocycles. The average molecular weight is 240 g/mol.